The highest BCUT2D eigenvalue weighted by atomic mass is 15.2. The van der Waals surface area contributed by atoms with E-state index in [0.29, 0.717) is 5.82 Å². The van der Waals surface area contributed by atoms with Gasteiger partial charge >= 0.3 is 0 Å². The fourth-order valence-corrected chi connectivity index (χ4v) is 2.01. The van der Waals surface area contributed by atoms with Gasteiger partial charge < -0.3 is 16.4 Å². The van der Waals surface area contributed by atoms with Crippen LogP contribution in [0.25, 0.3) is 0 Å². The number of rotatable bonds is 5. The van der Waals surface area contributed by atoms with Crippen molar-refractivity contribution in [3.63, 3.8) is 0 Å². The third-order valence-electron chi connectivity index (χ3n) is 3.84. The number of nitrogens with two attached hydrogens (primary N) is 2. The molecule has 0 saturated heterocycles. The third-order valence-corrected chi connectivity index (χ3v) is 3.84. The molecule has 0 aromatic carbocycles. The minimum Gasteiger partial charge on any atom is -0.384 e. The van der Waals surface area contributed by atoms with Crippen LogP contribution in [0.5, 0.6) is 0 Å². The van der Waals surface area contributed by atoms with Gasteiger partial charge in [0.25, 0.3) is 0 Å². The second-order valence-electron chi connectivity index (χ2n) is 5.00. The van der Waals surface area contributed by atoms with Crippen LogP contribution >= 0.6 is 0 Å². The molecule has 1 aromatic rings. The summed E-state index contributed by atoms with van der Waals surface area (Å²) in [5.41, 5.74) is 13.2. The molecular weight excluding hydrogens is 212 g/mol. The second kappa shape index (κ2) is 5.47. The molecule has 96 valence electrons. The molecule has 1 heterocycles. The minimum atomic E-state index is -0.00195. The summed E-state index contributed by atoms with van der Waals surface area (Å²) in [6.45, 7) is 4.36. The van der Waals surface area contributed by atoms with E-state index in [4.69, 9.17) is 11.5 Å². The van der Waals surface area contributed by atoms with Gasteiger partial charge in [-0.15, -0.1) is 0 Å². The van der Waals surface area contributed by atoms with Crippen molar-refractivity contribution >= 4 is 5.82 Å². The summed E-state index contributed by atoms with van der Waals surface area (Å²) in [4.78, 5) is 6.19. The van der Waals surface area contributed by atoms with E-state index in [1.807, 2.05) is 12.1 Å². The number of nitrogens with zero attached hydrogens (tertiary/aromatic N) is 2. The maximum absolute atomic E-state index is 6.34. The Labute approximate surface area is 104 Å². The highest BCUT2D eigenvalue weighted by molar-refractivity contribution is 5.32. The number of nitrogen functional groups attached to an aromatic ring is 1. The van der Waals surface area contributed by atoms with Gasteiger partial charge in [-0.2, -0.15) is 0 Å². The van der Waals surface area contributed by atoms with Crippen LogP contribution in [-0.4, -0.2) is 35.6 Å². The van der Waals surface area contributed by atoms with Crippen LogP contribution < -0.4 is 11.5 Å². The molecule has 1 aromatic heterocycles. The number of hydrogen-bond acceptors (Lipinski definition) is 4. The largest absolute Gasteiger partial charge is 0.384 e. The Kier molecular flexibility index (Phi) is 4.48. The predicted octanol–water partition coefficient (Wildman–Crippen LogP) is 1.26. The molecule has 0 spiro atoms. The van der Waals surface area contributed by atoms with Crippen LogP contribution in [0.4, 0.5) is 5.82 Å². The summed E-state index contributed by atoms with van der Waals surface area (Å²) < 4.78 is 0. The van der Waals surface area contributed by atoms with Crippen LogP contribution in [0.15, 0.2) is 18.3 Å². The van der Waals surface area contributed by atoms with Gasteiger partial charge in [-0.25, -0.2) is 4.98 Å². The Morgan fingerprint density at radius 2 is 2.12 bits per heavy atom. The topological polar surface area (TPSA) is 68.2 Å². The standard InChI is InChI=1S/C13H24N4/c1-5-13(2,17(3)4)11(14)8-10-6-7-16-12(15)9-10/h6-7,9,11H,5,8,14H2,1-4H3,(H2,15,16). The molecule has 0 aliphatic heterocycles. The first-order valence-electron chi connectivity index (χ1n) is 6.03. The van der Waals surface area contributed by atoms with Crippen molar-refractivity contribution in [2.75, 3.05) is 19.8 Å². The SMILES string of the molecule is CCC(C)(C(N)Cc1ccnc(N)c1)N(C)C. The molecule has 0 bridgehead atoms. The van der Waals surface area contributed by atoms with E-state index in [1.54, 1.807) is 6.20 Å². The molecule has 0 aliphatic carbocycles. The number of aromatic nitrogens is 1. The summed E-state index contributed by atoms with van der Waals surface area (Å²) in [6, 6.07) is 3.94. The lowest BCUT2D eigenvalue weighted by Crippen LogP contribution is -2.55. The number of pyridine rings is 1. The highest BCUT2D eigenvalue weighted by Crippen LogP contribution is 2.22. The van der Waals surface area contributed by atoms with E-state index in [0.717, 1.165) is 18.4 Å². The van der Waals surface area contributed by atoms with Crippen molar-refractivity contribution in [2.24, 2.45) is 5.73 Å². The third kappa shape index (κ3) is 3.17. The number of hydrogen-bond donors (Lipinski definition) is 2. The fourth-order valence-electron chi connectivity index (χ4n) is 2.01. The van der Waals surface area contributed by atoms with Gasteiger partial charge in [0.05, 0.1) is 0 Å². The van der Waals surface area contributed by atoms with E-state index < -0.39 is 0 Å². The van der Waals surface area contributed by atoms with Gasteiger partial charge in [0.1, 0.15) is 5.82 Å². The van der Waals surface area contributed by atoms with Crippen molar-refractivity contribution < 1.29 is 0 Å². The molecular formula is C13H24N4. The Bertz CT molecular complexity index is 364. The normalized spacial score (nSPS) is 16.8. The van der Waals surface area contributed by atoms with E-state index in [2.05, 4.69) is 37.8 Å². The van der Waals surface area contributed by atoms with Gasteiger partial charge in [0, 0.05) is 17.8 Å². The first-order valence-corrected chi connectivity index (χ1v) is 6.03. The van der Waals surface area contributed by atoms with Crippen LogP contribution in [0, 0.1) is 0 Å². The predicted molar refractivity (Wildman–Crippen MR) is 72.7 cm³/mol. The van der Waals surface area contributed by atoms with Gasteiger partial charge in [-0.05, 0) is 51.6 Å². The smallest absolute Gasteiger partial charge is 0.123 e. The molecule has 0 aliphatic rings. The van der Waals surface area contributed by atoms with Crippen molar-refractivity contribution in [3.05, 3.63) is 23.9 Å². The van der Waals surface area contributed by atoms with E-state index in [9.17, 15) is 0 Å². The van der Waals surface area contributed by atoms with Crippen LogP contribution in [0.1, 0.15) is 25.8 Å². The zero-order valence-electron chi connectivity index (χ0n) is 11.3. The van der Waals surface area contributed by atoms with Crippen molar-refractivity contribution in [3.8, 4) is 0 Å². The summed E-state index contributed by atoms with van der Waals surface area (Å²) in [5.74, 6) is 0.553. The Morgan fingerprint density at radius 1 is 1.47 bits per heavy atom. The first kappa shape index (κ1) is 13.9. The van der Waals surface area contributed by atoms with E-state index in [-0.39, 0.29) is 11.6 Å². The van der Waals surface area contributed by atoms with Crippen molar-refractivity contribution in [1.82, 2.24) is 9.88 Å². The molecule has 17 heavy (non-hydrogen) atoms. The van der Waals surface area contributed by atoms with Crippen LogP contribution in [-0.2, 0) is 6.42 Å². The zero-order chi connectivity index (χ0) is 13.1. The van der Waals surface area contributed by atoms with E-state index >= 15 is 0 Å². The maximum Gasteiger partial charge on any atom is 0.123 e. The number of likely N-dealkylation sites (N-methyl/N-ethyl adjacent to an activating group) is 1. The highest BCUT2D eigenvalue weighted by Gasteiger charge is 2.32. The van der Waals surface area contributed by atoms with Crippen LogP contribution in [0.3, 0.4) is 0 Å². The fraction of sp³-hybridized carbons (Fsp3) is 0.615. The summed E-state index contributed by atoms with van der Waals surface area (Å²) >= 11 is 0. The van der Waals surface area contributed by atoms with Gasteiger partial charge in [-0.1, -0.05) is 6.92 Å². The molecule has 4 heteroatoms. The average Bonchev–Trinajstić information content (AvgIpc) is 2.27. The molecule has 0 fully saturated rings. The lowest BCUT2D eigenvalue weighted by molar-refractivity contribution is 0.131. The van der Waals surface area contributed by atoms with Gasteiger partial charge in [0.2, 0.25) is 0 Å². The second-order valence-corrected chi connectivity index (χ2v) is 5.00. The average molecular weight is 236 g/mol. The molecule has 0 saturated carbocycles. The minimum absolute atomic E-state index is 0.00195. The summed E-state index contributed by atoms with van der Waals surface area (Å²) in [6.07, 6.45) is 3.56. The van der Waals surface area contributed by atoms with Crippen molar-refractivity contribution in [2.45, 2.75) is 38.3 Å². The maximum atomic E-state index is 6.34. The molecule has 4 nitrogen and oxygen atoms in total. The molecule has 1 rings (SSSR count). The first-order chi connectivity index (χ1) is 7.90. The van der Waals surface area contributed by atoms with Gasteiger partial charge in [-0.3, -0.25) is 0 Å². The monoisotopic (exact) mass is 236 g/mol. The van der Waals surface area contributed by atoms with Gasteiger partial charge in [0.15, 0.2) is 0 Å². The van der Waals surface area contributed by atoms with Crippen LogP contribution in [0.2, 0.25) is 0 Å². The summed E-state index contributed by atoms with van der Waals surface area (Å²) in [5, 5.41) is 0. The molecule has 2 atom stereocenters. The quantitative estimate of drug-likeness (QED) is 0.807. The molecule has 0 amide bonds. The molecule has 0 radical (unpaired) electrons. The summed E-state index contributed by atoms with van der Waals surface area (Å²) in [7, 11) is 4.15. The zero-order valence-corrected chi connectivity index (χ0v) is 11.3. The molecule has 4 N–H and O–H groups in total. The Hall–Kier alpha value is -1.13. The Balaban J connectivity index is 2.81. The van der Waals surface area contributed by atoms with Crippen molar-refractivity contribution in [1.29, 1.82) is 0 Å². The molecule has 2 unspecified atom stereocenters. The lowest BCUT2D eigenvalue weighted by Gasteiger charge is -2.41. The Morgan fingerprint density at radius 3 is 2.59 bits per heavy atom. The lowest BCUT2D eigenvalue weighted by atomic mass is 9.85. The number of anilines is 1. The van der Waals surface area contributed by atoms with E-state index in [1.165, 1.54) is 0 Å².